The predicted octanol–water partition coefficient (Wildman–Crippen LogP) is 0.0588. The van der Waals surface area contributed by atoms with Gasteiger partial charge in [0, 0.05) is 30.6 Å². The molecule has 2 aliphatic heterocycles. The Labute approximate surface area is 90.1 Å². The highest BCUT2D eigenvalue weighted by molar-refractivity contribution is 5.94. The maximum absolute atomic E-state index is 11.7. The van der Waals surface area contributed by atoms with Crippen molar-refractivity contribution in [1.82, 2.24) is 10.6 Å². The summed E-state index contributed by atoms with van der Waals surface area (Å²) in [7, 11) is 0. The van der Waals surface area contributed by atoms with E-state index < -0.39 is 0 Å². The van der Waals surface area contributed by atoms with Gasteiger partial charge in [-0.15, -0.1) is 0 Å². The van der Waals surface area contributed by atoms with Gasteiger partial charge in [-0.05, 0) is 12.5 Å². The van der Waals surface area contributed by atoms with Crippen LogP contribution in [0.3, 0.4) is 0 Å². The standard InChI is InChI=1S/C11H18N2O2/c1-8(9-3-12-4-9)10(14)13-5-11(2)6-15-7-11/h12H,3-7H2,1-2H3,(H,13,14). The molecule has 0 bridgehead atoms. The maximum Gasteiger partial charge on any atom is 0.246 e. The molecule has 0 unspecified atom stereocenters. The second-order valence-electron chi connectivity index (χ2n) is 4.82. The summed E-state index contributed by atoms with van der Waals surface area (Å²) in [5.41, 5.74) is 2.25. The van der Waals surface area contributed by atoms with Crippen LogP contribution < -0.4 is 10.6 Å². The largest absolute Gasteiger partial charge is 0.380 e. The van der Waals surface area contributed by atoms with Gasteiger partial charge in [0.25, 0.3) is 0 Å². The third-order valence-electron chi connectivity index (χ3n) is 3.12. The van der Waals surface area contributed by atoms with E-state index in [1.807, 2.05) is 6.92 Å². The van der Waals surface area contributed by atoms with Crippen LogP contribution in [0.4, 0.5) is 0 Å². The molecule has 0 spiro atoms. The Kier molecular flexibility index (Phi) is 2.80. The fourth-order valence-corrected chi connectivity index (χ4v) is 1.65. The van der Waals surface area contributed by atoms with E-state index in [2.05, 4.69) is 17.6 Å². The molecule has 0 radical (unpaired) electrons. The van der Waals surface area contributed by atoms with Crippen LogP contribution in [0.5, 0.6) is 0 Å². The Morgan fingerprint density at radius 2 is 2.20 bits per heavy atom. The van der Waals surface area contributed by atoms with Crippen molar-refractivity contribution in [2.24, 2.45) is 5.41 Å². The lowest BCUT2D eigenvalue weighted by molar-refractivity contribution is -0.123. The van der Waals surface area contributed by atoms with Crippen LogP contribution in [-0.4, -0.2) is 38.8 Å². The van der Waals surface area contributed by atoms with Crippen molar-refractivity contribution in [1.29, 1.82) is 0 Å². The zero-order valence-electron chi connectivity index (χ0n) is 9.35. The van der Waals surface area contributed by atoms with Gasteiger partial charge in [-0.3, -0.25) is 4.79 Å². The van der Waals surface area contributed by atoms with E-state index in [9.17, 15) is 4.79 Å². The van der Waals surface area contributed by atoms with Crippen LogP contribution in [0.2, 0.25) is 0 Å². The minimum Gasteiger partial charge on any atom is -0.380 e. The van der Waals surface area contributed by atoms with Crippen LogP contribution in [0, 0.1) is 5.41 Å². The molecule has 0 atom stereocenters. The SMILES string of the molecule is CC(C(=O)NCC1(C)COC1)=C1CNC1. The molecule has 0 aliphatic carbocycles. The highest BCUT2D eigenvalue weighted by atomic mass is 16.5. The Morgan fingerprint density at radius 3 is 2.60 bits per heavy atom. The number of rotatable bonds is 3. The number of nitrogens with one attached hydrogen (secondary N) is 2. The Morgan fingerprint density at radius 1 is 1.53 bits per heavy atom. The van der Waals surface area contributed by atoms with Crippen molar-refractivity contribution in [3.8, 4) is 0 Å². The predicted molar refractivity (Wildman–Crippen MR) is 57.5 cm³/mol. The first kappa shape index (κ1) is 10.6. The van der Waals surface area contributed by atoms with Gasteiger partial charge >= 0.3 is 0 Å². The molecule has 0 saturated carbocycles. The van der Waals surface area contributed by atoms with Gasteiger partial charge in [0.2, 0.25) is 5.91 Å². The van der Waals surface area contributed by atoms with Crippen molar-refractivity contribution < 1.29 is 9.53 Å². The Hall–Kier alpha value is -0.870. The summed E-state index contributed by atoms with van der Waals surface area (Å²) in [6.07, 6.45) is 0. The molecule has 2 heterocycles. The summed E-state index contributed by atoms with van der Waals surface area (Å²) >= 11 is 0. The smallest absolute Gasteiger partial charge is 0.246 e. The number of amides is 1. The molecular weight excluding hydrogens is 192 g/mol. The van der Waals surface area contributed by atoms with Crippen molar-refractivity contribution in [3.63, 3.8) is 0 Å². The fourth-order valence-electron chi connectivity index (χ4n) is 1.65. The van der Waals surface area contributed by atoms with Crippen molar-refractivity contribution in [2.75, 3.05) is 32.8 Å². The van der Waals surface area contributed by atoms with Crippen molar-refractivity contribution in [2.45, 2.75) is 13.8 Å². The first-order valence-corrected chi connectivity index (χ1v) is 5.36. The van der Waals surface area contributed by atoms with Crippen LogP contribution in [0.25, 0.3) is 0 Å². The van der Waals surface area contributed by atoms with E-state index in [0.29, 0.717) is 6.54 Å². The summed E-state index contributed by atoms with van der Waals surface area (Å²) in [5.74, 6) is 0.0691. The molecular formula is C11H18N2O2. The molecule has 2 N–H and O–H groups in total. The fraction of sp³-hybridized carbons (Fsp3) is 0.727. The average Bonchev–Trinajstić information content (AvgIpc) is 2.08. The molecule has 1 amide bonds. The molecule has 0 aromatic heterocycles. The van der Waals surface area contributed by atoms with Gasteiger partial charge in [0.05, 0.1) is 13.2 Å². The third-order valence-corrected chi connectivity index (χ3v) is 3.12. The molecule has 2 aliphatic rings. The number of carbonyl (C=O) groups excluding carboxylic acids is 1. The summed E-state index contributed by atoms with van der Waals surface area (Å²) in [4.78, 5) is 11.7. The molecule has 0 aromatic rings. The zero-order valence-corrected chi connectivity index (χ0v) is 9.35. The van der Waals surface area contributed by atoms with E-state index in [1.165, 1.54) is 5.57 Å². The van der Waals surface area contributed by atoms with Gasteiger partial charge in [0.1, 0.15) is 0 Å². The maximum atomic E-state index is 11.7. The Bertz CT molecular complexity index is 300. The van der Waals surface area contributed by atoms with Gasteiger partial charge in [0.15, 0.2) is 0 Å². The van der Waals surface area contributed by atoms with Crippen LogP contribution in [-0.2, 0) is 9.53 Å². The van der Waals surface area contributed by atoms with Crippen molar-refractivity contribution in [3.05, 3.63) is 11.1 Å². The highest BCUT2D eigenvalue weighted by Crippen LogP contribution is 2.25. The molecule has 84 valence electrons. The summed E-state index contributed by atoms with van der Waals surface area (Å²) in [6.45, 7) is 7.97. The molecule has 4 heteroatoms. The normalized spacial score (nSPS) is 22.7. The topological polar surface area (TPSA) is 50.4 Å². The minimum atomic E-state index is 0.0691. The molecule has 4 nitrogen and oxygen atoms in total. The lowest BCUT2D eigenvalue weighted by Crippen LogP contribution is -2.49. The third kappa shape index (κ3) is 2.21. The van der Waals surface area contributed by atoms with E-state index in [-0.39, 0.29) is 11.3 Å². The number of carbonyl (C=O) groups is 1. The molecule has 15 heavy (non-hydrogen) atoms. The zero-order chi connectivity index (χ0) is 10.9. The highest BCUT2D eigenvalue weighted by Gasteiger charge is 2.33. The van der Waals surface area contributed by atoms with Gasteiger partial charge in [-0.2, -0.15) is 0 Å². The van der Waals surface area contributed by atoms with Crippen LogP contribution in [0.1, 0.15) is 13.8 Å². The van der Waals surface area contributed by atoms with E-state index in [4.69, 9.17) is 4.74 Å². The van der Waals surface area contributed by atoms with Crippen LogP contribution in [0.15, 0.2) is 11.1 Å². The van der Waals surface area contributed by atoms with E-state index in [0.717, 1.165) is 31.9 Å². The first-order chi connectivity index (χ1) is 7.11. The van der Waals surface area contributed by atoms with Gasteiger partial charge in [-0.25, -0.2) is 0 Å². The Balaban J connectivity index is 1.81. The van der Waals surface area contributed by atoms with Crippen molar-refractivity contribution >= 4 is 5.91 Å². The minimum absolute atomic E-state index is 0.0691. The van der Waals surface area contributed by atoms with Gasteiger partial charge in [-0.1, -0.05) is 6.92 Å². The van der Waals surface area contributed by atoms with E-state index in [1.54, 1.807) is 0 Å². The molecule has 2 fully saturated rings. The average molecular weight is 210 g/mol. The second-order valence-corrected chi connectivity index (χ2v) is 4.82. The summed E-state index contributed by atoms with van der Waals surface area (Å²) < 4.78 is 5.14. The van der Waals surface area contributed by atoms with E-state index >= 15 is 0 Å². The second kappa shape index (κ2) is 3.94. The van der Waals surface area contributed by atoms with Gasteiger partial charge < -0.3 is 15.4 Å². The molecule has 2 rings (SSSR count). The first-order valence-electron chi connectivity index (χ1n) is 5.36. The number of hydrogen-bond donors (Lipinski definition) is 2. The summed E-state index contributed by atoms with van der Waals surface area (Å²) in [5, 5.41) is 6.10. The molecule has 0 aromatic carbocycles. The monoisotopic (exact) mass is 210 g/mol. The lowest BCUT2D eigenvalue weighted by atomic mass is 9.88. The number of hydrogen-bond acceptors (Lipinski definition) is 3. The lowest BCUT2D eigenvalue weighted by Gasteiger charge is -2.38. The quantitative estimate of drug-likeness (QED) is 0.648. The van der Waals surface area contributed by atoms with Crippen LogP contribution >= 0.6 is 0 Å². The summed E-state index contributed by atoms with van der Waals surface area (Å²) in [6, 6.07) is 0. The number of ether oxygens (including phenoxy) is 1. The molecule has 2 saturated heterocycles.